The number of amides is 2. The summed E-state index contributed by atoms with van der Waals surface area (Å²) in [5.41, 5.74) is 3.24. The Labute approximate surface area is 266 Å². The molecule has 2 amide bonds. The van der Waals surface area contributed by atoms with Gasteiger partial charge < -0.3 is 29.8 Å². The number of methoxy groups -OCH3 is 1. The van der Waals surface area contributed by atoms with Gasteiger partial charge in [0.2, 0.25) is 5.91 Å². The number of ether oxygens (including phenoxy) is 1. The summed E-state index contributed by atoms with van der Waals surface area (Å²) in [6, 6.07) is 7.85. The summed E-state index contributed by atoms with van der Waals surface area (Å²) < 4.78 is 39.5. The van der Waals surface area contributed by atoms with Crippen LogP contribution in [0, 0.1) is 17.7 Å². The second-order valence-electron chi connectivity index (χ2n) is 13.0. The molecule has 244 valence electrons. The molecule has 12 heteroatoms. The van der Waals surface area contributed by atoms with E-state index in [0.29, 0.717) is 55.4 Å². The highest BCUT2D eigenvalue weighted by atomic mass is 19.1. The van der Waals surface area contributed by atoms with Gasteiger partial charge in [0.25, 0.3) is 5.91 Å². The molecule has 2 aliphatic heterocycles. The molecule has 3 aromatic heterocycles. The van der Waals surface area contributed by atoms with E-state index < -0.39 is 23.9 Å². The summed E-state index contributed by atoms with van der Waals surface area (Å²) in [5, 5.41) is 9.84. The molecule has 46 heavy (non-hydrogen) atoms. The summed E-state index contributed by atoms with van der Waals surface area (Å²) >= 11 is 0. The molecule has 3 aliphatic rings. The molecule has 10 nitrogen and oxygen atoms in total. The quantitative estimate of drug-likeness (QED) is 0.285. The van der Waals surface area contributed by atoms with Crippen LogP contribution in [0.25, 0.3) is 33.6 Å². The largest absolute Gasteiger partial charge is 0.383 e. The Hall–Kier alpha value is -3.90. The molecule has 3 N–H and O–H groups in total. The second-order valence-corrected chi connectivity index (χ2v) is 13.0. The maximum absolute atomic E-state index is 15.6. The first kappa shape index (κ1) is 30.7. The van der Waals surface area contributed by atoms with Crippen molar-refractivity contribution in [3.8, 4) is 11.5 Å². The molecule has 1 saturated carbocycles. The number of nitrogens with zero attached hydrogens (tertiary/aromatic N) is 4. The molecule has 1 saturated heterocycles. The fraction of sp³-hybridized carbons (Fsp3) is 0.529. The molecule has 1 aromatic carbocycles. The van der Waals surface area contributed by atoms with Crippen LogP contribution in [0.1, 0.15) is 67.5 Å². The predicted molar refractivity (Wildman–Crippen MR) is 171 cm³/mol. The van der Waals surface area contributed by atoms with E-state index in [1.807, 2.05) is 23.6 Å². The molecule has 2 bridgehead atoms. The van der Waals surface area contributed by atoms with Crippen molar-refractivity contribution in [3.05, 3.63) is 47.4 Å². The Bertz CT molecular complexity index is 1790. The van der Waals surface area contributed by atoms with Crippen molar-refractivity contribution in [1.29, 1.82) is 0 Å². The number of carbonyl (C=O) groups excluding carboxylic acids is 2. The Morgan fingerprint density at radius 2 is 2.02 bits per heavy atom. The number of hydrogen-bond donors (Lipinski definition) is 3. The van der Waals surface area contributed by atoms with Crippen molar-refractivity contribution < 1.29 is 23.1 Å². The van der Waals surface area contributed by atoms with Crippen LogP contribution in [0.3, 0.4) is 0 Å². The van der Waals surface area contributed by atoms with Crippen LogP contribution >= 0.6 is 0 Å². The Morgan fingerprint density at radius 3 is 2.85 bits per heavy atom. The highest BCUT2D eigenvalue weighted by Gasteiger charge is 2.42. The van der Waals surface area contributed by atoms with Gasteiger partial charge in [-0.1, -0.05) is 12.8 Å². The van der Waals surface area contributed by atoms with Crippen LogP contribution < -0.4 is 16.0 Å². The van der Waals surface area contributed by atoms with E-state index in [4.69, 9.17) is 14.7 Å². The molecule has 4 aromatic rings. The topological polar surface area (TPSA) is 115 Å². The van der Waals surface area contributed by atoms with E-state index >= 15 is 4.39 Å². The van der Waals surface area contributed by atoms with Crippen LogP contribution in [-0.2, 0) is 22.6 Å². The van der Waals surface area contributed by atoms with Gasteiger partial charge in [-0.25, -0.2) is 18.7 Å². The third-order valence-electron chi connectivity index (χ3n) is 9.83. The van der Waals surface area contributed by atoms with E-state index in [9.17, 15) is 14.0 Å². The van der Waals surface area contributed by atoms with Gasteiger partial charge >= 0.3 is 0 Å². The Kier molecular flexibility index (Phi) is 8.50. The van der Waals surface area contributed by atoms with Gasteiger partial charge in [-0.3, -0.25) is 9.59 Å². The third-order valence-corrected chi connectivity index (χ3v) is 9.83. The zero-order valence-corrected chi connectivity index (χ0v) is 26.3. The van der Waals surface area contributed by atoms with E-state index in [1.54, 1.807) is 7.11 Å². The van der Waals surface area contributed by atoms with Gasteiger partial charge in [0.15, 0.2) is 5.82 Å². The number of aromatic nitrogens is 4. The summed E-state index contributed by atoms with van der Waals surface area (Å²) in [6.07, 6.45) is 4.14. The highest BCUT2D eigenvalue weighted by Crippen LogP contribution is 2.43. The van der Waals surface area contributed by atoms with Crippen LogP contribution in [-0.4, -0.2) is 69.9 Å². The summed E-state index contributed by atoms with van der Waals surface area (Å²) in [5.74, 6) is -0.0511. The van der Waals surface area contributed by atoms with Crippen molar-refractivity contribution in [2.75, 3.05) is 26.8 Å². The number of rotatable bonds is 6. The van der Waals surface area contributed by atoms with Crippen LogP contribution in [0.15, 0.2) is 30.3 Å². The predicted octanol–water partition coefficient (Wildman–Crippen LogP) is 4.66. The van der Waals surface area contributed by atoms with Crippen LogP contribution in [0.4, 0.5) is 8.78 Å². The molecule has 2 fully saturated rings. The van der Waals surface area contributed by atoms with Crippen molar-refractivity contribution in [2.24, 2.45) is 11.8 Å². The first-order chi connectivity index (χ1) is 22.3. The normalized spacial score (nSPS) is 25.3. The standard InChI is InChI=1S/C34H41F2N7O3/c1-19-26-8-7-21-15-30(42(31(21)39-26)11-5-3-4-6-20-14-22(20)33(44)38-19)32-40-27-16-23(25(36)17-29(27)43(32)12-13-46-2)34(45)41-28-18-37-10-9-24(28)35/h7-8,15-17,19-20,22,24,28,37H,3-6,9-14,18H2,1-2H3,(H,38,44)(H,41,45)/t19-,20-,22-,24+,28+/m1/s1. The Balaban J connectivity index is 1.29. The first-order valence-corrected chi connectivity index (χ1v) is 16.5. The van der Waals surface area contributed by atoms with Crippen LogP contribution in [0.5, 0.6) is 0 Å². The van der Waals surface area contributed by atoms with E-state index in [2.05, 4.69) is 26.6 Å². The van der Waals surface area contributed by atoms with Gasteiger partial charge in [-0.05, 0) is 69.3 Å². The van der Waals surface area contributed by atoms with E-state index in [1.165, 1.54) is 12.1 Å². The van der Waals surface area contributed by atoms with Gasteiger partial charge in [0.1, 0.15) is 17.6 Å². The van der Waals surface area contributed by atoms with Gasteiger partial charge in [0, 0.05) is 44.1 Å². The monoisotopic (exact) mass is 633 g/mol. The zero-order valence-electron chi connectivity index (χ0n) is 26.3. The lowest BCUT2D eigenvalue weighted by Gasteiger charge is -2.27. The Morgan fingerprint density at radius 1 is 1.15 bits per heavy atom. The minimum absolute atomic E-state index is 0.111. The van der Waals surface area contributed by atoms with Crippen molar-refractivity contribution in [2.45, 2.75) is 76.8 Å². The summed E-state index contributed by atoms with van der Waals surface area (Å²) in [6.45, 7) is 4.31. The lowest BCUT2D eigenvalue weighted by atomic mass is 10.0. The number of alkyl halides is 1. The van der Waals surface area contributed by atoms with Gasteiger partial charge in [-0.2, -0.15) is 0 Å². The first-order valence-electron chi connectivity index (χ1n) is 16.5. The number of aryl methyl sites for hydroxylation is 1. The molecule has 1 aliphatic carbocycles. The molecular formula is C34H41F2N7O3. The number of carbonyl (C=O) groups is 2. The van der Waals surface area contributed by atoms with Crippen molar-refractivity contribution >= 4 is 33.9 Å². The molecular weight excluding hydrogens is 592 g/mol. The van der Waals surface area contributed by atoms with Gasteiger partial charge in [-0.15, -0.1) is 0 Å². The smallest absolute Gasteiger partial charge is 0.254 e. The summed E-state index contributed by atoms with van der Waals surface area (Å²) in [4.78, 5) is 36.0. The molecule has 5 heterocycles. The number of fused-ring (bicyclic) bond motifs is 3. The average molecular weight is 634 g/mol. The number of benzene rings is 1. The maximum atomic E-state index is 15.6. The van der Waals surface area contributed by atoms with Crippen molar-refractivity contribution in [3.63, 3.8) is 0 Å². The lowest BCUT2D eigenvalue weighted by Crippen LogP contribution is -2.52. The number of nitrogens with one attached hydrogen (secondary N) is 3. The number of hydrogen-bond acceptors (Lipinski definition) is 6. The molecule has 0 unspecified atom stereocenters. The van der Waals surface area contributed by atoms with E-state index in [-0.39, 0.29) is 23.4 Å². The highest BCUT2D eigenvalue weighted by molar-refractivity contribution is 5.98. The SMILES string of the molecule is COCCn1c(-c2cc3ccc4nc3n2CCCCC[C@@H]2C[C@H]2C(=O)N[C@@H]4C)nc2cc(C(=O)N[C@H]3CNCC[C@@H]3F)c(F)cc21. The fourth-order valence-corrected chi connectivity index (χ4v) is 7.07. The number of halogens is 2. The van der Waals surface area contributed by atoms with Gasteiger partial charge in [0.05, 0.1) is 46.7 Å². The maximum Gasteiger partial charge on any atom is 0.254 e. The fourth-order valence-electron chi connectivity index (χ4n) is 7.07. The van der Waals surface area contributed by atoms with E-state index in [0.717, 1.165) is 61.1 Å². The second kappa shape index (κ2) is 12.7. The molecule has 0 spiro atoms. The van der Waals surface area contributed by atoms with Crippen molar-refractivity contribution in [1.82, 2.24) is 35.1 Å². The lowest BCUT2D eigenvalue weighted by molar-refractivity contribution is -0.123. The average Bonchev–Trinajstić information content (AvgIpc) is 3.62. The zero-order chi connectivity index (χ0) is 31.9. The summed E-state index contributed by atoms with van der Waals surface area (Å²) in [7, 11) is 1.61. The minimum atomic E-state index is -1.19. The van der Waals surface area contributed by atoms with Crippen LogP contribution in [0.2, 0.25) is 0 Å². The minimum Gasteiger partial charge on any atom is -0.383 e. The third kappa shape index (κ3) is 5.88. The molecule has 7 rings (SSSR count). The number of pyridine rings is 1. The molecule has 5 atom stereocenters. The number of piperidine rings is 1. The number of imidazole rings is 1. The molecule has 0 radical (unpaired) electrons.